The number of nitrogen functional groups attached to an aromatic ring is 1. The summed E-state index contributed by atoms with van der Waals surface area (Å²) in [6, 6.07) is 7.34. The predicted molar refractivity (Wildman–Crippen MR) is 97.2 cm³/mol. The molecule has 0 aliphatic rings. The Balaban J connectivity index is 1.78. The van der Waals surface area contributed by atoms with Gasteiger partial charge < -0.3 is 15.8 Å². The molecular formula is C18H20N6O2. The Morgan fingerprint density at radius 1 is 1.31 bits per heavy atom. The lowest BCUT2D eigenvalue weighted by Crippen LogP contribution is -2.27. The maximum absolute atomic E-state index is 12.5. The van der Waals surface area contributed by atoms with Crippen molar-refractivity contribution in [3.05, 3.63) is 59.7 Å². The molecule has 3 rings (SSSR count). The summed E-state index contributed by atoms with van der Waals surface area (Å²) < 4.78 is 7.08. The number of aryl methyl sites for hydroxylation is 1. The number of methoxy groups -OCH3 is 1. The fraction of sp³-hybridized carbons (Fsp3) is 0.222. The van der Waals surface area contributed by atoms with Gasteiger partial charge in [0.1, 0.15) is 11.4 Å². The number of nitrogens with one attached hydrogen (secondary N) is 1. The zero-order valence-corrected chi connectivity index (χ0v) is 14.8. The highest BCUT2D eigenvalue weighted by atomic mass is 16.5. The van der Waals surface area contributed by atoms with Gasteiger partial charge in [-0.3, -0.25) is 4.79 Å². The molecular weight excluding hydrogens is 332 g/mol. The van der Waals surface area contributed by atoms with Crippen LogP contribution in [0.1, 0.15) is 34.6 Å². The second-order valence-corrected chi connectivity index (χ2v) is 5.81. The third-order valence-corrected chi connectivity index (χ3v) is 4.02. The minimum Gasteiger partial charge on any atom is -0.494 e. The van der Waals surface area contributed by atoms with Gasteiger partial charge in [-0.2, -0.15) is 5.10 Å². The number of aromatic nitrogens is 4. The number of rotatable bonds is 5. The maximum Gasteiger partial charge on any atom is 0.255 e. The van der Waals surface area contributed by atoms with Crippen molar-refractivity contribution in [1.29, 1.82) is 0 Å². The molecule has 8 nitrogen and oxygen atoms in total. The van der Waals surface area contributed by atoms with Gasteiger partial charge in [-0.15, -0.1) is 0 Å². The van der Waals surface area contributed by atoms with Gasteiger partial charge in [0, 0.05) is 18.0 Å². The third-order valence-electron chi connectivity index (χ3n) is 4.02. The van der Waals surface area contributed by atoms with Crippen LogP contribution in [-0.4, -0.2) is 32.8 Å². The Bertz CT molecular complexity index is 937. The fourth-order valence-corrected chi connectivity index (χ4v) is 2.58. The molecule has 2 aromatic heterocycles. The molecule has 0 aliphatic heterocycles. The molecule has 0 fully saturated rings. The van der Waals surface area contributed by atoms with Crippen LogP contribution in [0.5, 0.6) is 5.75 Å². The molecule has 0 saturated heterocycles. The van der Waals surface area contributed by atoms with Crippen molar-refractivity contribution in [1.82, 2.24) is 25.1 Å². The van der Waals surface area contributed by atoms with Crippen molar-refractivity contribution in [3.63, 3.8) is 0 Å². The van der Waals surface area contributed by atoms with Crippen LogP contribution in [0, 0.1) is 6.92 Å². The molecule has 1 atom stereocenters. The van der Waals surface area contributed by atoms with Gasteiger partial charge in [0.15, 0.2) is 0 Å². The Hall–Kier alpha value is -3.42. The van der Waals surface area contributed by atoms with E-state index in [0.717, 1.165) is 11.3 Å². The molecule has 26 heavy (non-hydrogen) atoms. The summed E-state index contributed by atoms with van der Waals surface area (Å²) in [5, 5.41) is 7.29. The molecule has 8 heteroatoms. The van der Waals surface area contributed by atoms with E-state index in [4.69, 9.17) is 10.5 Å². The van der Waals surface area contributed by atoms with Crippen LogP contribution in [0.15, 0.2) is 42.9 Å². The van der Waals surface area contributed by atoms with Gasteiger partial charge in [0.25, 0.3) is 5.91 Å². The highest BCUT2D eigenvalue weighted by molar-refractivity contribution is 5.95. The van der Waals surface area contributed by atoms with Gasteiger partial charge >= 0.3 is 0 Å². The summed E-state index contributed by atoms with van der Waals surface area (Å²) in [5.74, 6) is 0.596. The lowest BCUT2D eigenvalue weighted by atomic mass is 10.1. The van der Waals surface area contributed by atoms with Crippen molar-refractivity contribution in [2.75, 3.05) is 12.8 Å². The summed E-state index contributed by atoms with van der Waals surface area (Å²) in [6.45, 7) is 3.60. The van der Waals surface area contributed by atoms with E-state index in [9.17, 15) is 4.79 Å². The third kappa shape index (κ3) is 3.49. The van der Waals surface area contributed by atoms with E-state index in [1.165, 1.54) is 6.20 Å². The van der Waals surface area contributed by atoms with Crippen LogP contribution in [0.3, 0.4) is 0 Å². The standard InChI is InChI=1S/C18H20N6O2/c1-11(22-17(25)14-9-20-18(19)23-12(14)2)13-8-21-24(10-13)15-6-4-5-7-16(15)26-3/h4-11H,1-3H3,(H,22,25)(H2,19,20,23)/t11-/m1/s1. The van der Waals surface area contributed by atoms with Crippen molar-refractivity contribution in [2.24, 2.45) is 0 Å². The first-order valence-electron chi connectivity index (χ1n) is 8.07. The number of nitrogens with two attached hydrogens (primary N) is 1. The van der Waals surface area contributed by atoms with Gasteiger partial charge in [-0.05, 0) is 26.0 Å². The predicted octanol–water partition coefficient (Wildman–Crippen LogP) is 2.05. The lowest BCUT2D eigenvalue weighted by molar-refractivity contribution is 0.0938. The number of carbonyl (C=O) groups excluding carboxylic acids is 1. The molecule has 134 valence electrons. The lowest BCUT2D eigenvalue weighted by Gasteiger charge is -2.13. The minimum absolute atomic E-state index is 0.144. The molecule has 1 amide bonds. The molecule has 0 unspecified atom stereocenters. The van der Waals surface area contributed by atoms with Gasteiger partial charge in [-0.25, -0.2) is 14.6 Å². The smallest absolute Gasteiger partial charge is 0.255 e. The van der Waals surface area contributed by atoms with Crippen molar-refractivity contribution < 1.29 is 9.53 Å². The first kappa shape index (κ1) is 17.4. The number of hydrogen-bond acceptors (Lipinski definition) is 6. The number of amides is 1. The quantitative estimate of drug-likeness (QED) is 0.727. The first-order chi connectivity index (χ1) is 12.5. The highest BCUT2D eigenvalue weighted by Crippen LogP contribution is 2.23. The molecule has 0 radical (unpaired) electrons. The Morgan fingerprint density at radius 3 is 2.81 bits per heavy atom. The van der Waals surface area contributed by atoms with E-state index in [0.29, 0.717) is 17.0 Å². The van der Waals surface area contributed by atoms with Crippen LogP contribution >= 0.6 is 0 Å². The molecule has 2 heterocycles. The van der Waals surface area contributed by atoms with Crippen LogP contribution in [0.2, 0.25) is 0 Å². The zero-order chi connectivity index (χ0) is 18.7. The zero-order valence-electron chi connectivity index (χ0n) is 14.8. The second kappa shape index (κ2) is 7.22. The van der Waals surface area contributed by atoms with Crippen LogP contribution in [0.25, 0.3) is 5.69 Å². The normalized spacial score (nSPS) is 11.8. The van der Waals surface area contributed by atoms with E-state index in [-0.39, 0.29) is 17.9 Å². The highest BCUT2D eigenvalue weighted by Gasteiger charge is 2.17. The topological polar surface area (TPSA) is 108 Å². The molecule has 0 aliphatic carbocycles. The molecule has 0 saturated carbocycles. The van der Waals surface area contributed by atoms with Crippen LogP contribution in [0.4, 0.5) is 5.95 Å². The molecule has 0 spiro atoms. The maximum atomic E-state index is 12.5. The minimum atomic E-state index is -0.264. The SMILES string of the molecule is COc1ccccc1-n1cc([C@@H](C)NC(=O)c2cnc(N)nc2C)cn1. The average molecular weight is 352 g/mol. The number of para-hydroxylation sites is 2. The van der Waals surface area contributed by atoms with Crippen molar-refractivity contribution in [2.45, 2.75) is 19.9 Å². The molecule has 0 bridgehead atoms. The van der Waals surface area contributed by atoms with E-state index < -0.39 is 0 Å². The summed E-state index contributed by atoms with van der Waals surface area (Å²) in [5.41, 5.74) is 8.13. The number of ether oxygens (including phenoxy) is 1. The van der Waals surface area contributed by atoms with E-state index in [1.807, 2.05) is 37.4 Å². The van der Waals surface area contributed by atoms with Crippen LogP contribution < -0.4 is 15.8 Å². The first-order valence-corrected chi connectivity index (χ1v) is 8.07. The van der Waals surface area contributed by atoms with E-state index >= 15 is 0 Å². The molecule has 3 N–H and O–H groups in total. The Labute approximate surface area is 151 Å². The average Bonchev–Trinajstić information content (AvgIpc) is 3.11. The largest absolute Gasteiger partial charge is 0.494 e. The number of hydrogen-bond donors (Lipinski definition) is 2. The number of carbonyl (C=O) groups is 1. The monoisotopic (exact) mass is 352 g/mol. The van der Waals surface area contributed by atoms with Gasteiger partial charge in [-0.1, -0.05) is 12.1 Å². The van der Waals surface area contributed by atoms with E-state index in [1.54, 1.807) is 24.9 Å². The summed E-state index contributed by atoms with van der Waals surface area (Å²) in [7, 11) is 1.61. The second-order valence-electron chi connectivity index (χ2n) is 5.81. The van der Waals surface area contributed by atoms with Crippen molar-refractivity contribution >= 4 is 11.9 Å². The Morgan fingerprint density at radius 2 is 2.08 bits per heavy atom. The van der Waals surface area contributed by atoms with Gasteiger partial charge in [0.2, 0.25) is 5.95 Å². The number of nitrogens with zero attached hydrogens (tertiary/aromatic N) is 4. The number of benzene rings is 1. The fourth-order valence-electron chi connectivity index (χ4n) is 2.58. The van der Waals surface area contributed by atoms with Crippen molar-refractivity contribution in [3.8, 4) is 11.4 Å². The van der Waals surface area contributed by atoms with E-state index in [2.05, 4.69) is 20.4 Å². The molecule has 1 aromatic carbocycles. The molecule has 3 aromatic rings. The summed E-state index contributed by atoms with van der Waals surface area (Å²) in [6.07, 6.45) is 5.00. The number of anilines is 1. The summed E-state index contributed by atoms with van der Waals surface area (Å²) in [4.78, 5) is 20.4. The summed E-state index contributed by atoms with van der Waals surface area (Å²) >= 11 is 0. The Kier molecular flexibility index (Phi) is 4.83. The van der Waals surface area contributed by atoms with Gasteiger partial charge in [0.05, 0.1) is 30.6 Å². The van der Waals surface area contributed by atoms with Crippen LogP contribution in [-0.2, 0) is 0 Å².